The van der Waals surface area contributed by atoms with Gasteiger partial charge in [0, 0.05) is 6.20 Å². The van der Waals surface area contributed by atoms with E-state index < -0.39 is 11.8 Å². The van der Waals surface area contributed by atoms with Crippen molar-refractivity contribution < 1.29 is 14.3 Å². The molecular weight excluding hydrogens is 211 g/mol. The third kappa shape index (κ3) is 1.13. The maximum Gasteiger partial charge on any atom is 0.339 e. The second-order valence-electron chi connectivity index (χ2n) is 2.63. The summed E-state index contributed by atoms with van der Waals surface area (Å²) in [6, 6.07) is 1.31. The minimum atomic E-state index is -1.24. The number of rotatable bonds is 1. The molecule has 0 radical (unpaired) electrons. The second-order valence-corrected chi connectivity index (χ2v) is 3.04. The van der Waals surface area contributed by atoms with Crippen LogP contribution in [0.4, 0.5) is 4.39 Å². The van der Waals surface area contributed by atoms with Crippen LogP contribution in [0.1, 0.15) is 10.4 Å². The van der Waals surface area contributed by atoms with Gasteiger partial charge < -0.3 is 5.11 Å². The highest BCUT2D eigenvalue weighted by atomic mass is 35.5. The number of aromatic carboxylic acids is 1. The van der Waals surface area contributed by atoms with Crippen LogP contribution in [0.5, 0.6) is 0 Å². The molecule has 0 fully saturated rings. The van der Waals surface area contributed by atoms with E-state index in [1.54, 1.807) is 0 Å². The summed E-state index contributed by atoms with van der Waals surface area (Å²) in [5, 5.41) is 12.3. The second kappa shape index (κ2) is 2.95. The van der Waals surface area contributed by atoms with E-state index in [0.29, 0.717) is 0 Å². The molecule has 2 rings (SSSR count). The van der Waals surface area contributed by atoms with Gasteiger partial charge in [0.2, 0.25) is 0 Å². The number of hydrogen-bond donors (Lipinski definition) is 1. The van der Waals surface area contributed by atoms with Gasteiger partial charge in [0.05, 0.1) is 11.2 Å². The van der Waals surface area contributed by atoms with E-state index in [1.165, 1.54) is 12.3 Å². The van der Waals surface area contributed by atoms with E-state index in [4.69, 9.17) is 16.7 Å². The van der Waals surface area contributed by atoms with Gasteiger partial charge in [-0.15, -0.1) is 0 Å². The van der Waals surface area contributed by atoms with Gasteiger partial charge in [0.1, 0.15) is 11.1 Å². The smallest absolute Gasteiger partial charge is 0.339 e. The monoisotopic (exact) mass is 214 g/mol. The van der Waals surface area contributed by atoms with Crippen molar-refractivity contribution in [3.8, 4) is 0 Å². The molecule has 0 aromatic carbocycles. The van der Waals surface area contributed by atoms with Crippen LogP contribution in [0.15, 0.2) is 18.5 Å². The molecule has 0 aliphatic rings. The average Bonchev–Trinajstić information content (AvgIpc) is 2.55. The van der Waals surface area contributed by atoms with Gasteiger partial charge in [0.15, 0.2) is 5.82 Å². The van der Waals surface area contributed by atoms with E-state index in [2.05, 4.69) is 5.10 Å². The van der Waals surface area contributed by atoms with Gasteiger partial charge in [-0.05, 0) is 6.07 Å². The van der Waals surface area contributed by atoms with Gasteiger partial charge in [-0.3, -0.25) is 0 Å². The average molecular weight is 215 g/mol. The number of carboxylic acids is 1. The van der Waals surface area contributed by atoms with E-state index in [-0.39, 0.29) is 16.1 Å². The zero-order valence-corrected chi connectivity index (χ0v) is 7.49. The molecule has 2 aromatic rings. The lowest BCUT2D eigenvalue weighted by molar-refractivity contribution is 0.0698. The number of nitrogens with zero attached hydrogens (tertiary/aromatic N) is 2. The Hall–Kier alpha value is -1.62. The molecule has 0 saturated heterocycles. The van der Waals surface area contributed by atoms with Crippen LogP contribution in [0.2, 0.25) is 5.02 Å². The number of fused-ring (bicyclic) bond motifs is 1. The predicted molar refractivity (Wildman–Crippen MR) is 47.1 cm³/mol. The van der Waals surface area contributed by atoms with Crippen molar-refractivity contribution in [2.45, 2.75) is 0 Å². The first-order valence-electron chi connectivity index (χ1n) is 3.66. The summed E-state index contributed by atoms with van der Waals surface area (Å²) < 4.78 is 14.5. The van der Waals surface area contributed by atoms with E-state index >= 15 is 0 Å². The van der Waals surface area contributed by atoms with Gasteiger partial charge >= 0.3 is 5.97 Å². The Morgan fingerprint density at radius 1 is 1.64 bits per heavy atom. The van der Waals surface area contributed by atoms with Crippen molar-refractivity contribution in [2.75, 3.05) is 0 Å². The highest BCUT2D eigenvalue weighted by molar-refractivity contribution is 6.31. The third-order valence-electron chi connectivity index (χ3n) is 1.81. The van der Waals surface area contributed by atoms with Gasteiger partial charge in [-0.2, -0.15) is 5.10 Å². The van der Waals surface area contributed by atoms with Gasteiger partial charge in [0.25, 0.3) is 0 Å². The number of hydrogen-bond acceptors (Lipinski definition) is 2. The standard InChI is InChI=1S/C8H4ClFN2O2/c9-5-1-2-12-7(6(5)10)4(3-11-12)8(13)14/h1-3H,(H,13,14). The maximum atomic E-state index is 13.4. The molecule has 0 unspecified atom stereocenters. The van der Waals surface area contributed by atoms with E-state index in [9.17, 15) is 9.18 Å². The fourth-order valence-electron chi connectivity index (χ4n) is 1.17. The van der Waals surface area contributed by atoms with E-state index in [0.717, 1.165) is 10.7 Å². The molecule has 0 atom stereocenters. The normalized spacial score (nSPS) is 10.7. The van der Waals surface area contributed by atoms with Gasteiger partial charge in [-0.1, -0.05) is 11.6 Å². The molecular formula is C8H4ClFN2O2. The molecule has 0 saturated carbocycles. The van der Waals surface area contributed by atoms with Crippen LogP contribution >= 0.6 is 11.6 Å². The Bertz CT molecular complexity index is 523. The fraction of sp³-hybridized carbons (Fsp3) is 0. The summed E-state index contributed by atoms with van der Waals surface area (Å²) in [6.07, 6.45) is 2.48. The van der Waals surface area contributed by atoms with Crippen LogP contribution in [0.25, 0.3) is 5.52 Å². The predicted octanol–water partition coefficient (Wildman–Crippen LogP) is 1.82. The molecule has 1 N–H and O–H groups in total. The number of pyridine rings is 1. The highest BCUT2D eigenvalue weighted by Gasteiger charge is 2.16. The molecule has 0 aliphatic carbocycles. The molecule has 0 amide bonds. The molecule has 2 heterocycles. The SMILES string of the molecule is O=C(O)c1cnn2ccc(Cl)c(F)c12. The lowest BCUT2D eigenvalue weighted by atomic mass is 10.2. The Morgan fingerprint density at radius 3 is 3.00 bits per heavy atom. The molecule has 14 heavy (non-hydrogen) atoms. The minimum Gasteiger partial charge on any atom is -0.478 e. The highest BCUT2D eigenvalue weighted by Crippen LogP contribution is 2.21. The summed E-state index contributed by atoms with van der Waals surface area (Å²) in [5.41, 5.74) is -0.324. The first-order valence-corrected chi connectivity index (χ1v) is 4.03. The Labute approximate surface area is 82.5 Å². The minimum absolute atomic E-state index is 0.120. The van der Waals surface area contributed by atoms with Crippen LogP contribution in [0.3, 0.4) is 0 Å². The maximum absolute atomic E-state index is 13.4. The zero-order chi connectivity index (χ0) is 10.3. The molecule has 0 bridgehead atoms. The van der Waals surface area contributed by atoms with Crippen molar-refractivity contribution in [2.24, 2.45) is 0 Å². The molecule has 4 nitrogen and oxygen atoms in total. The number of carboxylic acid groups (broad SMARTS) is 1. The Morgan fingerprint density at radius 2 is 2.36 bits per heavy atom. The summed E-state index contributed by atoms with van der Waals surface area (Å²) in [5.74, 6) is -2.01. The number of aromatic nitrogens is 2. The van der Waals surface area contributed by atoms with Crippen LogP contribution < -0.4 is 0 Å². The first kappa shape index (κ1) is 8.96. The van der Waals surface area contributed by atoms with Crippen LogP contribution in [0, 0.1) is 5.82 Å². The Kier molecular flexibility index (Phi) is 1.89. The van der Waals surface area contributed by atoms with Crippen LogP contribution in [-0.4, -0.2) is 20.7 Å². The third-order valence-corrected chi connectivity index (χ3v) is 2.10. The topological polar surface area (TPSA) is 54.6 Å². The molecule has 6 heteroatoms. The summed E-state index contributed by atoms with van der Waals surface area (Å²) in [6.45, 7) is 0. The summed E-state index contributed by atoms with van der Waals surface area (Å²) in [7, 11) is 0. The van der Waals surface area contributed by atoms with Gasteiger partial charge in [-0.25, -0.2) is 13.7 Å². The van der Waals surface area contributed by atoms with Crippen molar-refractivity contribution in [1.29, 1.82) is 0 Å². The molecule has 72 valence electrons. The van der Waals surface area contributed by atoms with Crippen LogP contribution in [-0.2, 0) is 0 Å². The number of carbonyl (C=O) groups is 1. The van der Waals surface area contributed by atoms with Crippen molar-refractivity contribution in [1.82, 2.24) is 9.61 Å². The molecule has 0 aliphatic heterocycles. The zero-order valence-electron chi connectivity index (χ0n) is 6.74. The van der Waals surface area contributed by atoms with Crippen molar-refractivity contribution in [3.05, 3.63) is 34.9 Å². The lowest BCUT2D eigenvalue weighted by Crippen LogP contribution is -1.98. The largest absolute Gasteiger partial charge is 0.478 e. The summed E-state index contributed by atoms with van der Waals surface area (Å²) in [4.78, 5) is 10.7. The molecule has 2 aromatic heterocycles. The first-order chi connectivity index (χ1) is 6.61. The van der Waals surface area contributed by atoms with E-state index in [1.807, 2.05) is 0 Å². The Balaban J connectivity index is 2.89. The lowest BCUT2D eigenvalue weighted by Gasteiger charge is -1.98. The van der Waals surface area contributed by atoms with Crippen molar-refractivity contribution in [3.63, 3.8) is 0 Å². The quantitative estimate of drug-likeness (QED) is 0.788. The van der Waals surface area contributed by atoms with Crippen molar-refractivity contribution >= 4 is 23.1 Å². The fourth-order valence-corrected chi connectivity index (χ4v) is 1.32. The number of halogens is 2. The summed E-state index contributed by atoms with van der Waals surface area (Å²) >= 11 is 5.51. The molecule has 0 spiro atoms.